The molecule has 290 valence electrons. The predicted molar refractivity (Wildman–Crippen MR) is 253 cm³/mol. The highest BCUT2D eigenvalue weighted by Gasteiger charge is 2.22. The van der Waals surface area contributed by atoms with E-state index < -0.39 is 0 Å². The molecule has 0 fully saturated rings. The van der Waals surface area contributed by atoms with Crippen LogP contribution in [0.15, 0.2) is 194 Å². The molecule has 0 saturated heterocycles. The number of rotatable bonds is 10. The van der Waals surface area contributed by atoms with Gasteiger partial charge in [0.1, 0.15) is 11.5 Å². The highest BCUT2D eigenvalue weighted by molar-refractivity contribution is 6.28. The summed E-state index contributed by atoms with van der Waals surface area (Å²) >= 11 is 0. The maximum absolute atomic E-state index is 5.41. The molecular weight excluding hydrogens is 733 g/mol. The molecule has 0 bridgehead atoms. The van der Waals surface area contributed by atoms with Crippen LogP contribution >= 0.6 is 0 Å². The normalized spacial score (nSPS) is 11.3. The molecule has 0 radical (unpaired) electrons. The summed E-state index contributed by atoms with van der Waals surface area (Å²) in [5.41, 5.74) is 13.7. The number of nitrogens with zero attached hydrogens (tertiary/aromatic N) is 2. The van der Waals surface area contributed by atoms with Gasteiger partial charge < -0.3 is 19.3 Å². The second-order valence-electron chi connectivity index (χ2n) is 15.5. The highest BCUT2D eigenvalue weighted by Crippen LogP contribution is 2.48. The third-order valence-corrected chi connectivity index (χ3v) is 11.8. The molecule has 60 heavy (non-hydrogen) atoms. The lowest BCUT2D eigenvalue weighted by Gasteiger charge is -2.29. The Kier molecular flexibility index (Phi) is 9.38. The second-order valence-corrected chi connectivity index (χ2v) is 15.5. The van der Waals surface area contributed by atoms with Crippen molar-refractivity contribution in [1.82, 2.24) is 0 Å². The number of hydrogen-bond donors (Lipinski definition) is 0. The predicted octanol–water partition coefficient (Wildman–Crippen LogP) is 15.5. The molecule has 0 amide bonds. The molecule has 0 N–H and O–H groups in total. The van der Waals surface area contributed by atoms with E-state index in [4.69, 9.17) is 9.47 Å². The molecule has 10 rings (SSSR count). The summed E-state index contributed by atoms with van der Waals surface area (Å²) in [5, 5.41) is 7.36. The minimum absolute atomic E-state index is 0.851. The van der Waals surface area contributed by atoms with E-state index in [-0.39, 0.29) is 0 Å². The van der Waals surface area contributed by atoms with Crippen molar-refractivity contribution < 1.29 is 9.47 Å². The summed E-state index contributed by atoms with van der Waals surface area (Å²) in [5.74, 6) is 1.70. The van der Waals surface area contributed by atoms with Gasteiger partial charge in [-0.3, -0.25) is 0 Å². The maximum Gasteiger partial charge on any atom is 0.118 e. The largest absolute Gasteiger partial charge is 0.497 e. The molecule has 0 aromatic heterocycles. The Morgan fingerprint density at radius 3 is 0.900 bits per heavy atom. The minimum Gasteiger partial charge on any atom is -0.497 e. The molecule has 0 aliphatic heterocycles. The minimum atomic E-state index is 0.851. The molecule has 0 saturated carbocycles. The van der Waals surface area contributed by atoms with E-state index in [0.29, 0.717) is 0 Å². The summed E-state index contributed by atoms with van der Waals surface area (Å²) in [6, 6.07) is 70.3. The zero-order valence-electron chi connectivity index (χ0n) is 34.2. The summed E-state index contributed by atoms with van der Waals surface area (Å²) in [7, 11) is 3.40. The Hall–Kier alpha value is -7.56. The lowest BCUT2D eigenvalue weighted by atomic mass is 9.91. The van der Waals surface area contributed by atoms with E-state index in [2.05, 4.69) is 194 Å². The molecule has 0 aliphatic rings. The molecule has 0 unspecified atom stereocenters. The first kappa shape index (κ1) is 36.8. The number of benzene rings is 10. The molecule has 4 heteroatoms. The van der Waals surface area contributed by atoms with Crippen molar-refractivity contribution in [2.45, 2.75) is 13.8 Å². The summed E-state index contributed by atoms with van der Waals surface area (Å²) in [6.45, 7) is 4.28. The maximum atomic E-state index is 5.41. The van der Waals surface area contributed by atoms with Crippen molar-refractivity contribution in [2.24, 2.45) is 0 Å². The van der Waals surface area contributed by atoms with Crippen LogP contribution in [0.2, 0.25) is 0 Å². The molecule has 0 aliphatic carbocycles. The fourth-order valence-electron chi connectivity index (χ4n) is 8.58. The Bertz CT molecular complexity index is 2870. The molecule has 0 heterocycles. The monoisotopic (exact) mass is 776 g/mol. The van der Waals surface area contributed by atoms with Gasteiger partial charge in [0.05, 0.1) is 25.6 Å². The average molecular weight is 777 g/mol. The third-order valence-electron chi connectivity index (χ3n) is 11.8. The zero-order chi connectivity index (χ0) is 40.7. The highest BCUT2D eigenvalue weighted by atomic mass is 16.5. The van der Waals surface area contributed by atoms with Gasteiger partial charge in [-0.15, -0.1) is 0 Å². The zero-order valence-corrected chi connectivity index (χ0v) is 34.2. The van der Waals surface area contributed by atoms with E-state index in [9.17, 15) is 0 Å². The van der Waals surface area contributed by atoms with Crippen molar-refractivity contribution in [1.29, 1.82) is 0 Å². The fraction of sp³-hybridized carbons (Fsp3) is 0.0714. The lowest BCUT2D eigenvalue weighted by Crippen LogP contribution is -2.11. The van der Waals surface area contributed by atoms with Gasteiger partial charge in [0.25, 0.3) is 0 Å². The van der Waals surface area contributed by atoms with Crippen LogP contribution in [0.3, 0.4) is 0 Å². The Morgan fingerprint density at radius 1 is 0.300 bits per heavy atom. The number of ether oxygens (including phenoxy) is 2. The van der Waals surface area contributed by atoms with Gasteiger partial charge in [-0.05, 0) is 143 Å². The number of anilines is 6. The van der Waals surface area contributed by atoms with Gasteiger partial charge in [-0.2, -0.15) is 0 Å². The SMILES string of the molecule is COc1ccc(-c2ccc(N(c3ccc(C)cc3)c3ccc4ccc5c(N(c6ccc(C)cc6)c6ccc(-c7ccc(OC)cc7)cc6)ccc6ccc3c4c65)cc2)cc1. The van der Waals surface area contributed by atoms with Gasteiger partial charge in [0.15, 0.2) is 0 Å². The number of hydrogen-bond acceptors (Lipinski definition) is 4. The van der Waals surface area contributed by atoms with E-state index in [1.54, 1.807) is 14.2 Å². The summed E-state index contributed by atoms with van der Waals surface area (Å²) in [6.07, 6.45) is 0. The van der Waals surface area contributed by atoms with Gasteiger partial charge >= 0.3 is 0 Å². The van der Waals surface area contributed by atoms with Crippen LogP contribution < -0.4 is 19.3 Å². The van der Waals surface area contributed by atoms with Crippen molar-refractivity contribution in [3.63, 3.8) is 0 Å². The molecular formula is C56H44N2O2. The van der Waals surface area contributed by atoms with Crippen LogP contribution in [0.1, 0.15) is 11.1 Å². The summed E-state index contributed by atoms with van der Waals surface area (Å²) < 4.78 is 10.8. The Morgan fingerprint density at radius 2 is 0.583 bits per heavy atom. The van der Waals surface area contributed by atoms with Crippen LogP contribution in [0, 0.1) is 13.8 Å². The van der Waals surface area contributed by atoms with Gasteiger partial charge in [0, 0.05) is 33.5 Å². The quantitative estimate of drug-likeness (QED) is 0.129. The van der Waals surface area contributed by atoms with E-state index in [0.717, 1.165) is 67.9 Å². The average Bonchev–Trinajstić information content (AvgIpc) is 3.31. The van der Waals surface area contributed by atoms with Gasteiger partial charge in [-0.1, -0.05) is 120 Å². The lowest BCUT2D eigenvalue weighted by molar-refractivity contribution is 0.415. The number of aryl methyl sites for hydroxylation is 2. The van der Waals surface area contributed by atoms with Crippen LogP contribution in [0.25, 0.3) is 54.6 Å². The molecule has 0 spiro atoms. The van der Waals surface area contributed by atoms with Crippen LogP contribution in [0.5, 0.6) is 11.5 Å². The van der Waals surface area contributed by atoms with Crippen LogP contribution in [0.4, 0.5) is 34.1 Å². The van der Waals surface area contributed by atoms with Crippen molar-refractivity contribution >= 4 is 66.4 Å². The first-order chi connectivity index (χ1) is 29.4. The summed E-state index contributed by atoms with van der Waals surface area (Å²) in [4.78, 5) is 4.79. The third kappa shape index (κ3) is 6.62. The first-order valence-corrected chi connectivity index (χ1v) is 20.4. The van der Waals surface area contributed by atoms with E-state index >= 15 is 0 Å². The smallest absolute Gasteiger partial charge is 0.118 e. The molecule has 10 aromatic carbocycles. The number of methoxy groups -OCH3 is 2. The van der Waals surface area contributed by atoms with E-state index in [1.165, 1.54) is 43.4 Å². The van der Waals surface area contributed by atoms with Gasteiger partial charge in [-0.25, -0.2) is 0 Å². The van der Waals surface area contributed by atoms with Gasteiger partial charge in [0.2, 0.25) is 0 Å². The van der Waals surface area contributed by atoms with Crippen LogP contribution in [-0.2, 0) is 0 Å². The Balaban J connectivity index is 1.13. The standard InChI is InChI=1S/C56H44N2O2/c1-37-5-21-45(22-6-37)57(47-25-9-39(10-26-47)41-13-29-49(59-3)30-14-41)53-35-19-43-18-34-52-54(36-20-44-17-33-51(53)55(43)56(44)52)58(46-23-7-38(2)8-24-46)48-27-11-40(12-28-48)42-15-31-50(60-4)32-16-42/h5-36H,1-4H3. The molecule has 4 nitrogen and oxygen atoms in total. The second kappa shape index (κ2) is 15.3. The van der Waals surface area contributed by atoms with E-state index in [1.807, 2.05) is 24.3 Å². The van der Waals surface area contributed by atoms with Crippen molar-refractivity contribution in [2.75, 3.05) is 24.0 Å². The fourth-order valence-corrected chi connectivity index (χ4v) is 8.58. The first-order valence-electron chi connectivity index (χ1n) is 20.4. The topological polar surface area (TPSA) is 24.9 Å². The molecule has 10 aromatic rings. The van der Waals surface area contributed by atoms with Crippen molar-refractivity contribution in [3.8, 4) is 33.8 Å². The van der Waals surface area contributed by atoms with Crippen LogP contribution in [-0.4, -0.2) is 14.2 Å². The molecule has 0 atom stereocenters. The Labute approximate surface area is 351 Å². The van der Waals surface area contributed by atoms with Crippen molar-refractivity contribution in [3.05, 3.63) is 205 Å².